The molecule has 2 heterocycles. The maximum absolute atomic E-state index is 13.2. The number of nitrogens with zero attached hydrogens (tertiary/aromatic N) is 2. The number of carbonyl (C=O) groups is 3. The van der Waals surface area contributed by atoms with Gasteiger partial charge in [0.05, 0.1) is 31.0 Å². The van der Waals surface area contributed by atoms with Crippen molar-refractivity contribution in [3.8, 4) is 11.1 Å². The van der Waals surface area contributed by atoms with E-state index in [1.165, 1.54) is 12.8 Å². The van der Waals surface area contributed by atoms with E-state index in [2.05, 4.69) is 20.9 Å². The van der Waals surface area contributed by atoms with E-state index in [9.17, 15) is 14.4 Å². The molecule has 0 radical (unpaired) electrons. The Balaban J connectivity index is 1.28. The molecule has 3 aromatic rings. The number of benzene rings is 3. The number of carbonyl (C=O) groups excluding carboxylic acids is 3. The molecular weight excluding hydrogens is 518 g/mol. The molecule has 0 aliphatic carbocycles. The number of likely N-dealkylation sites (tertiary alicyclic amines) is 1. The minimum absolute atomic E-state index is 0.184. The van der Waals surface area contributed by atoms with Gasteiger partial charge < -0.3 is 25.6 Å². The molecule has 2 fully saturated rings. The summed E-state index contributed by atoms with van der Waals surface area (Å²) in [5, 5.41) is 8.77. The van der Waals surface area contributed by atoms with Gasteiger partial charge in [0.1, 0.15) is 0 Å². The second kappa shape index (κ2) is 14.0. The fourth-order valence-electron chi connectivity index (χ4n) is 5.15. The number of amides is 3. The zero-order chi connectivity index (χ0) is 28.4. The zero-order valence-electron chi connectivity index (χ0n) is 23.2. The van der Waals surface area contributed by atoms with Gasteiger partial charge in [-0.1, -0.05) is 42.5 Å². The van der Waals surface area contributed by atoms with Gasteiger partial charge >= 0.3 is 0 Å². The van der Waals surface area contributed by atoms with Crippen LogP contribution in [-0.2, 0) is 9.53 Å². The molecule has 0 aromatic heterocycles. The van der Waals surface area contributed by atoms with Crippen molar-refractivity contribution in [2.24, 2.45) is 0 Å². The molecule has 41 heavy (non-hydrogen) atoms. The van der Waals surface area contributed by atoms with Crippen molar-refractivity contribution in [3.05, 3.63) is 83.9 Å². The normalized spacial score (nSPS) is 15.8. The van der Waals surface area contributed by atoms with E-state index in [0.29, 0.717) is 55.3 Å². The van der Waals surface area contributed by atoms with Gasteiger partial charge in [-0.2, -0.15) is 0 Å². The predicted molar refractivity (Wildman–Crippen MR) is 160 cm³/mol. The van der Waals surface area contributed by atoms with E-state index in [4.69, 9.17) is 4.74 Å². The Morgan fingerprint density at radius 2 is 1.44 bits per heavy atom. The molecule has 0 atom stereocenters. The third kappa shape index (κ3) is 8.00. The zero-order valence-corrected chi connectivity index (χ0v) is 23.2. The standard InChI is InChI=1S/C32H37N5O4/c38-30(23-37-18-20-41-21-19-37)35-29-22-26(10-13-28(29)32(40)33-14-17-36-15-4-5-16-36)31(39)34-27-11-8-25(9-12-27)24-6-2-1-3-7-24/h1-3,6-13,22H,4-5,14-21,23H2,(H,33,40)(H,34,39)(H,35,38). The highest BCUT2D eigenvalue weighted by atomic mass is 16.5. The Morgan fingerprint density at radius 3 is 2.17 bits per heavy atom. The van der Waals surface area contributed by atoms with E-state index in [-0.39, 0.29) is 24.3 Å². The van der Waals surface area contributed by atoms with Gasteiger partial charge in [0.15, 0.2) is 0 Å². The molecule has 2 saturated heterocycles. The number of hydrogen-bond donors (Lipinski definition) is 3. The fraction of sp³-hybridized carbons (Fsp3) is 0.344. The molecule has 0 saturated carbocycles. The summed E-state index contributed by atoms with van der Waals surface area (Å²) in [4.78, 5) is 43.6. The summed E-state index contributed by atoms with van der Waals surface area (Å²) < 4.78 is 5.37. The van der Waals surface area contributed by atoms with Crippen LogP contribution in [-0.4, -0.2) is 86.5 Å². The minimum atomic E-state index is -0.331. The third-order valence-corrected chi connectivity index (χ3v) is 7.43. The molecule has 3 N–H and O–H groups in total. The average molecular weight is 556 g/mol. The molecule has 5 rings (SSSR count). The van der Waals surface area contributed by atoms with Gasteiger partial charge in [-0.25, -0.2) is 0 Å². The van der Waals surface area contributed by atoms with Crippen LogP contribution in [0.25, 0.3) is 11.1 Å². The Labute approximate surface area is 240 Å². The van der Waals surface area contributed by atoms with Crippen molar-refractivity contribution in [1.82, 2.24) is 15.1 Å². The Kier molecular flexibility index (Phi) is 9.74. The van der Waals surface area contributed by atoms with Gasteiger partial charge in [0.25, 0.3) is 11.8 Å². The molecule has 2 aliphatic rings. The van der Waals surface area contributed by atoms with E-state index in [1.807, 2.05) is 59.5 Å². The smallest absolute Gasteiger partial charge is 0.255 e. The Bertz CT molecular complexity index is 1330. The molecule has 2 aliphatic heterocycles. The highest BCUT2D eigenvalue weighted by molar-refractivity contribution is 6.09. The van der Waals surface area contributed by atoms with Crippen LogP contribution in [0.1, 0.15) is 33.6 Å². The number of rotatable bonds is 10. The highest BCUT2D eigenvalue weighted by Gasteiger charge is 2.20. The van der Waals surface area contributed by atoms with Crippen molar-refractivity contribution in [1.29, 1.82) is 0 Å². The van der Waals surface area contributed by atoms with Gasteiger partial charge in [-0.15, -0.1) is 0 Å². The van der Waals surface area contributed by atoms with Crippen LogP contribution in [0.2, 0.25) is 0 Å². The maximum atomic E-state index is 13.2. The van der Waals surface area contributed by atoms with Gasteiger partial charge in [-0.3, -0.25) is 19.3 Å². The van der Waals surface area contributed by atoms with E-state index in [0.717, 1.165) is 30.8 Å². The molecule has 3 amide bonds. The number of ether oxygens (including phenoxy) is 1. The molecular formula is C32H37N5O4. The third-order valence-electron chi connectivity index (χ3n) is 7.43. The summed E-state index contributed by atoms with van der Waals surface area (Å²) in [5.41, 5.74) is 3.77. The van der Waals surface area contributed by atoms with Gasteiger partial charge in [-0.05, 0) is 67.4 Å². The average Bonchev–Trinajstić information content (AvgIpc) is 3.52. The minimum Gasteiger partial charge on any atom is -0.379 e. The van der Waals surface area contributed by atoms with Crippen LogP contribution in [0, 0.1) is 0 Å². The van der Waals surface area contributed by atoms with Crippen LogP contribution in [0.5, 0.6) is 0 Å². The van der Waals surface area contributed by atoms with Gasteiger partial charge in [0.2, 0.25) is 5.91 Å². The van der Waals surface area contributed by atoms with Crippen LogP contribution in [0.4, 0.5) is 11.4 Å². The molecule has 0 unspecified atom stereocenters. The second-order valence-electron chi connectivity index (χ2n) is 10.4. The lowest BCUT2D eigenvalue weighted by molar-refractivity contribution is -0.118. The van der Waals surface area contributed by atoms with E-state index in [1.54, 1.807) is 18.2 Å². The predicted octanol–water partition coefficient (Wildman–Crippen LogP) is 3.70. The SMILES string of the molecule is O=C(CN1CCOCC1)Nc1cc(C(=O)Nc2ccc(-c3ccccc3)cc2)ccc1C(=O)NCCN1CCCC1. The van der Waals surface area contributed by atoms with Crippen LogP contribution in [0.3, 0.4) is 0 Å². The summed E-state index contributed by atoms with van der Waals surface area (Å²) in [6.07, 6.45) is 2.38. The Morgan fingerprint density at radius 1 is 0.732 bits per heavy atom. The number of hydrogen-bond acceptors (Lipinski definition) is 6. The summed E-state index contributed by atoms with van der Waals surface area (Å²) >= 11 is 0. The molecule has 9 heteroatoms. The number of morpholine rings is 1. The lowest BCUT2D eigenvalue weighted by Crippen LogP contribution is -2.41. The van der Waals surface area contributed by atoms with Crippen LogP contribution < -0.4 is 16.0 Å². The maximum Gasteiger partial charge on any atom is 0.255 e. The Hall–Kier alpha value is -4.05. The van der Waals surface area contributed by atoms with Crippen molar-refractivity contribution < 1.29 is 19.1 Å². The first-order valence-electron chi connectivity index (χ1n) is 14.3. The number of anilines is 2. The lowest BCUT2D eigenvalue weighted by atomic mass is 10.1. The summed E-state index contributed by atoms with van der Waals surface area (Å²) in [6, 6.07) is 22.4. The fourth-order valence-corrected chi connectivity index (χ4v) is 5.15. The monoisotopic (exact) mass is 555 g/mol. The highest BCUT2D eigenvalue weighted by Crippen LogP contribution is 2.23. The summed E-state index contributed by atoms with van der Waals surface area (Å²) in [7, 11) is 0. The summed E-state index contributed by atoms with van der Waals surface area (Å²) in [6.45, 7) is 6.10. The topological polar surface area (TPSA) is 103 Å². The van der Waals surface area contributed by atoms with Crippen LogP contribution in [0.15, 0.2) is 72.8 Å². The molecule has 0 bridgehead atoms. The van der Waals surface area contributed by atoms with Crippen molar-refractivity contribution in [2.45, 2.75) is 12.8 Å². The largest absolute Gasteiger partial charge is 0.379 e. The van der Waals surface area contributed by atoms with Crippen LogP contribution >= 0.6 is 0 Å². The molecule has 0 spiro atoms. The lowest BCUT2D eigenvalue weighted by Gasteiger charge is -2.26. The molecule has 3 aromatic carbocycles. The van der Waals surface area contributed by atoms with Crippen molar-refractivity contribution in [3.63, 3.8) is 0 Å². The summed E-state index contributed by atoms with van der Waals surface area (Å²) in [5.74, 6) is -0.858. The number of nitrogens with one attached hydrogen (secondary N) is 3. The first kappa shape index (κ1) is 28.5. The molecule has 9 nitrogen and oxygen atoms in total. The van der Waals surface area contributed by atoms with Crippen molar-refractivity contribution >= 4 is 29.1 Å². The first-order valence-corrected chi connectivity index (χ1v) is 14.3. The first-order chi connectivity index (χ1) is 20.0. The van der Waals surface area contributed by atoms with Crippen molar-refractivity contribution in [2.75, 3.05) is 69.7 Å². The van der Waals surface area contributed by atoms with E-state index < -0.39 is 0 Å². The van der Waals surface area contributed by atoms with Gasteiger partial charge in [0, 0.05) is 37.4 Å². The second-order valence-corrected chi connectivity index (χ2v) is 10.4. The van der Waals surface area contributed by atoms with E-state index >= 15 is 0 Å². The quantitative estimate of drug-likeness (QED) is 0.353. The molecule has 214 valence electrons.